The molecule has 0 spiro atoms. The van der Waals surface area contributed by atoms with Gasteiger partial charge in [0.05, 0.1) is 11.6 Å². The Bertz CT molecular complexity index is 365. The lowest BCUT2D eigenvalue weighted by atomic mass is 9.91. The van der Waals surface area contributed by atoms with Gasteiger partial charge in [0.15, 0.2) is 0 Å². The van der Waals surface area contributed by atoms with Gasteiger partial charge in [-0.15, -0.1) is 0 Å². The lowest BCUT2D eigenvalue weighted by Gasteiger charge is -2.16. The van der Waals surface area contributed by atoms with Crippen LogP contribution in [-0.2, 0) is 0 Å². The summed E-state index contributed by atoms with van der Waals surface area (Å²) >= 11 is 0. The van der Waals surface area contributed by atoms with E-state index >= 15 is 0 Å². The number of nitrogens with two attached hydrogens (primary N) is 1. The van der Waals surface area contributed by atoms with Gasteiger partial charge in [-0.2, -0.15) is 5.26 Å². The van der Waals surface area contributed by atoms with E-state index in [0.29, 0.717) is 5.92 Å². The molecule has 2 N–H and O–H groups in total. The van der Waals surface area contributed by atoms with Crippen molar-refractivity contribution < 1.29 is 0 Å². The van der Waals surface area contributed by atoms with E-state index in [2.05, 4.69) is 6.07 Å². The Morgan fingerprint density at radius 3 is 2.71 bits per heavy atom. The molecule has 72 valence electrons. The highest BCUT2D eigenvalue weighted by Gasteiger charge is 2.26. The number of hydrogen-bond acceptors (Lipinski definition) is 2. The predicted molar refractivity (Wildman–Crippen MR) is 55.7 cm³/mol. The second kappa shape index (κ2) is 3.81. The van der Waals surface area contributed by atoms with Crippen molar-refractivity contribution in [1.29, 1.82) is 5.26 Å². The molecule has 0 unspecified atom stereocenters. The van der Waals surface area contributed by atoms with Crippen LogP contribution in [0.3, 0.4) is 0 Å². The van der Waals surface area contributed by atoms with Gasteiger partial charge in [0.1, 0.15) is 0 Å². The lowest BCUT2D eigenvalue weighted by molar-refractivity contribution is 0.612. The Hall–Kier alpha value is -1.33. The Kier molecular flexibility index (Phi) is 2.51. The van der Waals surface area contributed by atoms with Crippen LogP contribution in [0, 0.1) is 11.3 Å². The number of benzene rings is 1. The van der Waals surface area contributed by atoms with Crippen molar-refractivity contribution in [1.82, 2.24) is 0 Å². The zero-order valence-corrected chi connectivity index (χ0v) is 8.11. The first-order chi connectivity index (χ1) is 6.83. The van der Waals surface area contributed by atoms with Gasteiger partial charge in [0, 0.05) is 12.0 Å². The highest BCUT2D eigenvalue weighted by molar-refractivity contribution is 5.40. The fourth-order valence-electron chi connectivity index (χ4n) is 2.30. The zero-order chi connectivity index (χ0) is 9.97. The Morgan fingerprint density at radius 1 is 1.29 bits per heavy atom. The Morgan fingerprint density at radius 2 is 2.07 bits per heavy atom. The van der Waals surface area contributed by atoms with Crippen LogP contribution in [0.4, 0.5) is 0 Å². The number of nitrogens with zero attached hydrogens (tertiary/aromatic N) is 1. The SMILES string of the molecule is N#Cc1ccccc1[C@H]1CCC[C@H]1N. The highest BCUT2D eigenvalue weighted by Crippen LogP contribution is 2.34. The summed E-state index contributed by atoms with van der Waals surface area (Å²) < 4.78 is 0. The summed E-state index contributed by atoms with van der Waals surface area (Å²) in [5.41, 5.74) is 7.95. The average molecular weight is 186 g/mol. The molecule has 0 aromatic heterocycles. The summed E-state index contributed by atoms with van der Waals surface area (Å²) in [6, 6.07) is 10.3. The number of hydrogen-bond donors (Lipinski definition) is 1. The van der Waals surface area contributed by atoms with Gasteiger partial charge >= 0.3 is 0 Å². The summed E-state index contributed by atoms with van der Waals surface area (Å²) in [7, 11) is 0. The van der Waals surface area contributed by atoms with Crippen LogP contribution in [0.15, 0.2) is 24.3 Å². The molecule has 1 aromatic carbocycles. The third kappa shape index (κ3) is 1.51. The molecule has 2 atom stereocenters. The van der Waals surface area contributed by atoms with E-state index in [4.69, 9.17) is 11.0 Å². The van der Waals surface area contributed by atoms with Crippen molar-refractivity contribution in [2.75, 3.05) is 0 Å². The number of rotatable bonds is 1. The minimum Gasteiger partial charge on any atom is -0.327 e. The summed E-state index contributed by atoms with van der Waals surface area (Å²) in [4.78, 5) is 0. The quantitative estimate of drug-likeness (QED) is 0.730. The molecule has 1 fully saturated rings. The monoisotopic (exact) mass is 186 g/mol. The van der Waals surface area contributed by atoms with Gasteiger partial charge in [0.2, 0.25) is 0 Å². The van der Waals surface area contributed by atoms with Crippen molar-refractivity contribution in [2.45, 2.75) is 31.2 Å². The first kappa shape index (κ1) is 9.23. The summed E-state index contributed by atoms with van der Waals surface area (Å²) in [5.74, 6) is 0.394. The smallest absolute Gasteiger partial charge is 0.0994 e. The maximum absolute atomic E-state index is 8.97. The van der Waals surface area contributed by atoms with Gasteiger partial charge in [-0.3, -0.25) is 0 Å². The molecule has 1 saturated carbocycles. The minimum atomic E-state index is 0.240. The third-order valence-electron chi connectivity index (χ3n) is 3.05. The van der Waals surface area contributed by atoms with E-state index in [1.54, 1.807) is 0 Å². The zero-order valence-electron chi connectivity index (χ0n) is 8.11. The molecule has 14 heavy (non-hydrogen) atoms. The van der Waals surface area contributed by atoms with Crippen LogP contribution in [0.25, 0.3) is 0 Å². The maximum atomic E-state index is 8.97. The standard InChI is InChI=1S/C12H14N2/c13-8-9-4-1-2-5-10(9)11-6-3-7-12(11)14/h1-2,4-5,11-12H,3,6-7,14H2/t11-,12-/m1/s1. The molecule has 0 radical (unpaired) electrons. The fourth-order valence-corrected chi connectivity index (χ4v) is 2.30. The van der Waals surface area contributed by atoms with Crippen LogP contribution < -0.4 is 5.73 Å². The summed E-state index contributed by atoms with van der Waals surface area (Å²) in [6.45, 7) is 0. The molecule has 0 heterocycles. The molecule has 2 nitrogen and oxygen atoms in total. The fraction of sp³-hybridized carbons (Fsp3) is 0.417. The number of nitriles is 1. The Balaban J connectivity index is 2.36. The van der Waals surface area contributed by atoms with E-state index in [1.165, 1.54) is 6.42 Å². The normalized spacial score (nSPS) is 26.0. The van der Waals surface area contributed by atoms with E-state index in [-0.39, 0.29) is 6.04 Å². The molecule has 0 saturated heterocycles. The molecule has 2 rings (SSSR count). The van der Waals surface area contributed by atoms with Crippen LogP contribution >= 0.6 is 0 Å². The van der Waals surface area contributed by atoms with Crippen molar-refractivity contribution in [3.05, 3.63) is 35.4 Å². The van der Waals surface area contributed by atoms with E-state index in [0.717, 1.165) is 24.0 Å². The van der Waals surface area contributed by atoms with Crippen LogP contribution in [-0.4, -0.2) is 6.04 Å². The first-order valence-electron chi connectivity index (χ1n) is 5.07. The largest absolute Gasteiger partial charge is 0.327 e. The van der Waals surface area contributed by atoms with Gasteiger partial charge in [-0.05, 0) is 24.5 Å². The van der Waals surface area contributed by atoms with Gasteiger partial charge in [-0.25, -0.2) is 0 Å². The highest BCUT2D eigenvalue weighted by atomic mass is 14.7. The van der Waals surface area contributed by atoms with E-state index in [1.807, 2.05) is 24.3 Å². The van der Waals surface area contributed by atoms with Crippen molar-refractivity contribution in [3.8, 4) is 6.07 Å². The van der Waals surface area contributed by atoms with Crippen LogP contribution in [0.1, 0.15) is 36.3 Å². The minimum absolute atomic E-state index is 0.240. The lowest BCUT2D eigenvalue weighted by Crippen LogP contribution is -2.23. The molecule has 1 aliphatic rings. The van der Waals surface area contributed by atoms with Gasteiger partial charge < -0.3 is 5.73 Å². The molecular formula is C12H14N2. The molecule has 1 aliphatic carbocycles. The first-order valence-corrected chi connectivity index (χ1v) is 5.07. The molecule has 1 aromatic rings. The molecular weight excluding hydrogens is 172 g/mol. The second-order valence-corrected chi connectivity index (χ2v) is 3.90. The van der Waals surface area contributed by atoms with Crippen LogP contribution in [0.2, 0.25) is 0 Å². The topological polar surface area (TPSA) is 49.8 Å². The third-order valence-corrected chi connectivity index (χ3v) is 3.05. The second-order valence-electron chi connectivity index (χ2n) is 3.90. The molecule has 2 heteroatoms. The molecule has 0 bridgehead atoms. The van der Waals surface area contributed by atoms with Crippen molar-refractivity contribution in [3.63, 3.8) is 0 Å². The molecule has 0 aliphatic heterocycles. The van der Waals surface area contributed by atoms with Crippen molar-refractivity contribution >= 4 is 0 Å². The average Bonchev–Trinajstić information content (AvgIpc) is 2.64. The molecule has 0 amide bonds. The van der Waals surface area contributed by atoms with Crippen LogP contribution in [0.5, 0.6) is 0 Å². The predicted octanol–water partition coefficient (Wildman–Crippen LogP) is 2.15. The van der Waals surface area contributed by atoms with Crippen molar-refractivity contribution in [2.24, 2.45) is 5.73 Å². The van der Waals surface area contributed by atoms with Gasteiger partial charge in [0.25, 0.3) is 0 Å². The van der Waals surface area contributed by atoms with E-state index < -0.39 is 0 Å². The maximum Gasteiger partial charge on any atom is 0.0994 e. The van der Waals surface area contributed by atoms with E-state index in [9.17, 15) is 0 Å². The van der Waals surface area contributed by atoms with Gasteiger partial charge in [-0.1, -0.05) is 24.6 Å². The Labute approximate surface area is 84.3 Å². The summed E-state index contributed by atoms with van der Waals surface area (Å²) in [5, 5.41) is 8.97. The summed E-state index contributed by atoms with van der Waals surface area (Å²) in [6.07, 6.45) is 3.40.